The van der Waals surface area contributed by atoms with Gasteiger partial charge in [0.25, 0.3) is 11.8 Å². The average molecular weight is 540 g/mol. The number of aromatic nitrogens is 1. The van der Waals surface area contributed by atoms with Gasteiger partial charge in [-0.05, 0) is 87.1 Å². The van der Waals surface area contributed by atoms with E-state index in [2.05, 4.69) is 9.69 Å². The van der Waals surface area contributed by atoms with Crippen molar-refractivity contribution in [1.82, 2.24) is 9.69 Å². The molecule has 38 heavy (non-hydrogen) atoms. The highest BCUT2D eigenvalue weighted by atomic mass is 32.1. The standard InChI is InChI=1S/C27H33N5O5S/c1-14-10-15(2)12-17(11-14)32(26(35)23-20(28)21(24(29)33)31-38-23)22(25(34)30-27(3,4)5)16-8-9-18(36-6)19(13-16)37-7/h8-13,22H,28H2,1-7H3,(H2,29,33)(H,30,34)/t22-/m0/s1. The van der Waals surface area contributed by atoms with Crippen LogP contribution in [0, 0.1) is 13.8 Å². The third-order valence-corrected chi connectivity index (χ3v) is 6.44. The fourth-order valence-electron chi connectivity index (χ4n) is 4.09. The van der Waals surface area contributed by atoms with Gasteiger partial charge in [-0.25, -0.2) is 0 Å². The van der Waals surface area contributed by atoms with E-state index in [1.54, 1.807) is 30.3 Å². The first-order valence-electron chi connectivity index (χ1n) is 11.8. The molecule has 11 heteroatoms. The van der Waals surface area contributed by atoms with Crippen LogP contribution in [0.3, 0.4) is 0 Å². The number of hydrogen-bond donors (Lipinski definition) is 3. The van der Waals surface area contributed by atoms with Crippen molar-refractivity contribution in [2.45, 2.75) is 46.2 Å². The average Bonchev–Trinajstić information content (AvgIpc) is 3.21. The molecular weight excluding hydrogens is 506 g/mol. The summed E-state index contributed by atoms with van der Waals surface area (Å²) < 4.78 is 14.9. The minimum absolute atomic E-state index is 0.00741. The van der Waals surface area contributed by atoms with Crippen LogP contribution in [0.1, 0.15) is 63.7 Å². The number of amides is 3. The van der Waals surface area contributed by atoms with Crippen molar-refractivity contribution in [3.8, 4) is 11.5 Å². The van der Waals surface area contributed by atoms with Crippen molar-refractivity contribution in [2.24, 2.45) is 5.73 Å². The fraction of sp³-hybridized carbons (Fsp3) is 0.333. The van der Waals surface area contributed by atoms with Crippen molar-refractivity contribution in [3.63, 3.8) is 0 Å². The molecule has 5 N–H and O–H groups in total. The first kappa shape index (κ1) is 28.5. The van der Waals surface area contributed by atoms with Gasteiger partial charge in [-0.2, -0.15) is 4.37 Å². The maximum absolute atomic E-state index is 14.2. The van der Waals surface area contributed by atoms with Crippen molar-refractivity contribution in [2.75, 3.05) is 24.9 Å². The van der Waals surface area contributed by atoms with Crippen LogP contribution in [-0.4, -0.2) is 41.9 Å². The highest BCUT2D eigenvalue weighted by Gasteiger charge is 2.37. The molecule has 0 saturated carbocycles. The Balaban J connectivity index is 2.33. The Morgan fingerprint density at radius 1 is 1.00 bits per heavy atom. The second kappa shape index (κ2) is 11.1. The molecule has 0 saturated heterocycles. The van der Waals surface area contributed by atoms with E-state index in [1.807, 2.05) is 40.7 Å². The number of nitrogens with zero attached hydrogens (tertiary/aromatic N) is 2. The number of anilines is 2. The molecule has 0 bridgehead atoms. The van der Waals surface area contributed by atoms with Gasteiger partial charge in [0, 0.05) is 11.2 Å². The van der Waals surface area contributed by atoms with Crippen LogP contribution in [0.2, 0.25) is 0 Å². The fourth-order valence-corrected chi connectivity index (χ4v) is 4.83. The molecule has 2 aromatic carbocycles. The van der Waals surface area contributed by atoms with Crippen molar-refractivity contribution < 1.29 is 23.9 Å². The quantitative estimate of drug-likeness (QED) is 0.394. The lowest BCUT2D eigenvalue weighted by atomic mass is 9.99. The zero-order chi connectivity index (χ0) is 28.4. The molecule has 0 spiro atoms. The Bertz CT molecular complexity index is 1360. The Labute approximate surface area is 226 Å². The van der Waals surface area contributed by atoms with Crippen molar-refractivity contribution in [3.05, 3.63) is 63.7 Å². The van der Waals surface area contributed by atoms with E-state index in [4.69, 9.17) is 20.9 Å². The third kappa shape index (κ3) is 6.05. The smallest absolute Gasteiger partial charge is 0.273 e. The Hall–Kier alpha value is -4.12. The summed E-state index contributed by atoms with van der Waals surface area (Å²) in [5.74, 6) is -1.04. The Kier molecular flexibility index (Phi) is 8.31. The van der Waals surface area contributed by atoms with E-state index in [9.17, 15) is 14.4 Å². The van der Waals surface area contributed by atoms with E-state index in [0.29, 0.717) is 22.7 Å². The minimum Gasteiger partial charge on any atom is -0.493 e. The van der Waals surface area contributed by atoms with Gasteiger partial charge in [-0.15, -0.1) is 0 Å². The van der Waals surface area contributed by atoms with Gasteiger partial charge >= 0.3 is 0 Å². The highest BCUT2D eigenvalue weighted by molar-refractivity contribution is 7.09. The zero-order valence-corrected chi connectivity index (χ0v) is 23.4. The van der Waals surface area contributed by atoms with Crippen LogP contribution in [0.25, 0.3) is 0 Å². The second-order valence-electron chi connectivity index (χ2n) is 9.92. The topological polar surface area (TPSA) is 150 Å². The van der Waals surface area contributed by atoms with Crippen LogP contribution in [0.4, 0.5) is 11.4 Å². The molecule has 10 nitrogen and oxygen atoms in total. The lowest BCUT2D eigenvalue weighted by Gasteiger charge is -2.34. The van der Waals surface area contributed by atoms with Gasteiger partial charge < -0.3 is 26.3 Å². The number of methoxy groups -OCH3 is 2. The summed E-state index contributed by atoms with van der Waals surface area (Å²) in [5.41, 5.74) is 13.3. The van der Waals surface area contributed by atoms with Gasteiger partial charge in [0.2, 0.25) is 5.91 Å². The number of hydrogen-bond acceptors (Lipinski definition) is 8. The Morgan fingerprint density at radius 2 is 1.61 bits per heavy atom. The number of nitrogen functional groups attached to an aromatic ring is 1. The number of ether oxygens (including phenoxy) is 2. The molecule has 0 unspecified atom stereocenters. The summed E-state index contributed by atoms with van der Waals surface area (Å²) >= 11 is 0.752. The molecular formula is C27H33N5O5S. The van der Waals surface area contributed by atoms with E-state index >= 15 is 0 Å². The minimum atomic E-state index is -1.15. The summed E-state index contributed by atoms with van der Waals surface area (Å²) in [6.07, 6.45) is 0. The molecule has 0 aliphatic heterocycles. The predicted octanol–water partition coefficient (Wildman–Crippen LogP) is 3.76. The molecule has 202 valence electrons. The van der Waals surface area contributed by atoms with E-state index < -0.39 is 29.3 Å². The van der Waals surface area contributed by atoms with Gasteiger partial charge in [-0.3, -0.25) is 19.3 Å². The molecule has 0 fully saturated rings. The SMILES string of the molecule is COc1ccc([C@@H](C(=O)NC(C)(C)C)N(C(=O)c2snc(C(N)=O)c2N)c2cc(C)cc(C)c2)cc1OC. The van der Waals surface area contributed by atoms with E-state index in [0.717, 1.165) is 22.7 Å². The zero-order valence-electron chi connectivity index (χ0n) is 22.5. The normalized spacial score (nSPS) is 12.0. The molecule has 0 aliphatic rings. The molecule has 3 aromatic rings. The maximum Gasteiger partial charge on any atom is 0.273 e. The number of nitrogens with one attached hydrogen (secondary N) is 1. The van der Waals surface area contributed by atoms with Crippen LogP contribution in [-0.2, 0) is 4.79 Å². The molecule has 1 atom stereocenters. The molecule has 0 radical (unpaired) electrons. The maximum atomic E-state index is 14.2. The number of carbonyl (C=O) groups excluding carboxylic acids is 3. The molecule has 3 rings (SSSR count). The summed E-state index contributed by atoms with van der Waals surface area (Å²) in [6.45, 7) is 9.33. The molecule has 1 aromatic heterocycles. The Morgan fingerprint density at radius 3 is 2.11 bits per heavy atom. The predicted molar refractivity (Wildman–Crippen MR) is 148 cm³/mol. The first-order chi connectivity index (χ1) is 17.8. The first-order valence-corrected chi connectivity index (χ1v) is 12.6. The van der Waals surface area contributed by atoms with Crippen molar-refractivity contribution >= 4 is 40.6 Å². The van der Waals surface area contributed by atoms with Gasteiger partial charge in [0.05, 0.1) is 19.9 Å². The number of benzene rings is 2. The molecule has 1 heterocycles. The van der Waals surface area contributed by atoms with Crippen LogP contribution >= 0.6 is 11.5 Å². The number of carbonyl (C=O) groups is 3. The van der Waals surface area contributed by atoms with Gasteiger partial charge in [0.1, 0.15) is 10.9 Å². The molecule has 0 aliphatic carbocycles. The van der Waals surface area contributed by atoms with Crippen LogP contribution < -0.4 is 31.2 Å². The number of rotatable bonds is 8. The third-order valence-electron chi connectivity index (χ3n) is 5.59. The monoisotopic (exact) mass is 539 g/mol. The van der Waals surface area contributed by atoms with Crippen molar-refractivity contribution in [1.29, 1.82) is 0 Å². The van der Waals surface area contributed by atoms with E-state index in [-0.39, 0.29) is 16.3 Å². The largest absolute Gasteiger partial charge is 0.493 e. The summed E-state index contributed by atoms with van der Waals surface area (Å²) in [5, 5.41) is 2.99. The van der Waals surface area contributed by atoms with Gasteiger partial charge in [0.15, 0.2) is 17.2 Å². The van der Waals surface area contributed by atoms with Crippen LogP contribution in [0.5, 0.6) is 11.5 Å². The number of primary amides is 1. The highest BCUT2D eigenvalue weighted by Crippen LogP contribution is 2.37. The summed E-state index contributed by atoms with van der Waals surface area (Å²) in [4.78, 5) is 41.3. The van der Waals surface area contributed by atoms with Crippen LogP contribution in [0.15, 0.2) is 36.4 Å². The second-order valence-corrected chi connectivity index (χ2v) is 10.7. The summed E-state index contributed by atoms with van der Waals surface area (Å²) in [6, 6.07) is 9.42. The number of aryl methyl sites for hydroxylation is 2. The number of nitrogens with two attached hydrogens (primary N) is 2. The lowest BCUT2D eigenvalue weighted by molar-refractivity contribution is -0.123. The molecule has 3 amide bonds. The van der Waals surface area contributed by atoms with Gasteiger partial charge in [-0.1, -0.05) is 12.1 Å². The summed E-state index contributed by atoms with van der Waals surface area (Å²) in [7, 11) is 3.00. The lowest BCUT2D eigenvalue weighted by Crippen LogP contribution is -2.49. The van der Waals surface area contributed by atoms with E-state index in [1.165, 1.54) is 19.1 Å².